The van der Waals surface area contributed by atoms with Gasteiger partial charge in [0.05, 0.1) is 11.4 Å². The monoisotopic (exact) mass is 379 g/mol. The summed E-state index contributed by atoms with van der Waals surface area (Å²) in [4.78, 5) is 16.4. The van der Waals surface area contributed by atoms with Crippen molar-refractivity contribution >= 4 is 17.2 Å². The minimum absolute atomic E-state index is 0.00859. The molecule has 1 fully saturated rings. The van der Waals surface area contributed by atoms with Crippen molar-refractivity contribution in [3.05, 3.63) is 64.7 Å². The molecule has 0 radical (unpaired) electrons. The van der Waals surface area contributed by atoms with Crippen molar-refractivity contribution in [1.82, 2.24) is 9.55 Å². The van der Waals surface area contributed by atoms with Crippen molar-refractivity contribution in [1.29, 1.82) is 0 Å². The van der Waals surface area contributed by atoms with Gasteiger partial charge in [0.2, 0.25) is 0 Å². The molecule has 0 saturated heterocycles. The van der Waals surface area contributed by atoms with Crippen LogP contribution in [0.2, 0.25) is 0 Å². The number of hydrogen-bond donors (Lipinski definition) is 2. The van der Waals surface area contributed by atoms with Crippen LogP contribution in [-0.4, -0.2) is 21.3 Å². The summed E-state index contributed by atoms with van der Waals surface area (Å²) >= 11 is 0. The van der Waals surface area contributed by atoms with Crippen LogP contribution in [0.4, 0.5) is 11.5 Å². The van der Waals surface area contributed by atoms with E-state index in [-0.39, 0.29) is 5.56 Å². The SMILES string of the molecule is C=C/C(=N\Nc1ccc(=O)n(CCC)c1)c1cnc(NC2CCCC2)cc1C. The third-order valence-electron chi connectivity index (χ3n) is 5.04. The van der Waals surface area contributed by atoms with E-state index in [0.29, 0.717) is 18.3 Å². The number of nitrogens with one attached hydrogen (secondary N) is 2. The van der Waals surface area contributed by atoms with Gasteiger partial charge in [-0.15, -0.1) is 0 Å². The molecule has 0 amide bonds. The largest absolute Gasteiger partial charge is 0.367 e. The molecular formula is C22H29N5O. The number of hydrogen-bond acceptors (Lipinski definition) is 5. The molecule has 0 atom stereocenters. The fraction of sp³-hybridized carbons (Fsp3) is 0.409. The van der Waals surface area contributed by atoms with Gasteiger partial charge in [0, 0.05) is 36.6 Å². The number of anilines is 2. The molecule has 2 heterocycles. The zero-order valence-electron chi connectivity index (χ0n) is 16.7. The maximum absolute atomic E-state index is 11.8. The van der Waals surface area contributed by atoms with Gasteiger partial charge in [0.1, 0.15) is 5.82 Å². The van der Waals surface area contributed by atoms with Crippen molar-refractivity contribution < 1.29 is 0 Å². The van der Waals surface area contributed by atoms with Gasteiger partial charge in [0.15, 0.2) is 0 Å². The van der Waals surface area contributed by atoms with E-state index in [1.807, 2.05) is 13.1 Å². The average Bonchev–Trinajstić information content (AvgIpc) is 3.19. The summed E-state index contributed by atoms with van der Waals surface area (Å²) in [5.74, 6) is 0.913. The lowest BCUT2D eigenvalue weighted by atomic mass is 10.1. The van der Waals surface area contributed by atoms with E-state index in [2.05, 4.69) is 40.4 Å². The predicted molar refractivity (Wildman–Crippen MR) is 116 cm³/mol. The fourth-order valence-electron chi connectivity index (χ4n) is 3.54. The van der Waals surface area contributed by atoms with Crippen LogP contribution in [-0.2, 0) is 6.54 Å². The normalized spacial score (nSPS) is 14.9. The number of pyridine rings is 2. The summed E-state index contributed by atoms with van der Waals surface area (Å²) in [6.45, 7) is 8.67. The molecule has 148 valence electrons. The highest BCUT2D eigenvalue weighted by Crippen LogP contribution is 2.22. The Morgan fingerprint density at radius 3 is 2.86 bits per heavy atom. The van der Waals surface area contributed by atoms with Gasteiger partial charge < -0.3 is 9.88 Å². The highest BCUT2D eigenvalue weighted by molar-refractivity contribution is 6.09. The molecule has 0 bridgehead atoms. The Kier molecular flexibility index (Phi) is 6.63. The molecule has 1 aliphatic carbocycles. The van der Waals surface area contributed by atoms with E-state index in [4.69, 9.17) is 0 Å². The third kappa shape index (κ3) is 4.88. The van der Waals surface area contributed by atoms with Crippen molar-refractivity contribution in [3.8, 4) is 0 Å². The van der Waals surface area contributed by atoms with Gasteiger partial charge in [0.25, 0.3) is 5.56 Å². The van der Waals surface area contributed by atoms with E-state index in [9.17, 15) is 4.79 Å². The standard InChI is InChI=1S/C22H29N5O/c1-4-12-27-15-18(10-11-22(27)28)25-26-20(5-2)19-14-23-21(13-16(19)3)24-17-8-6-7-9-17/h5,10-11,13-15,17,25H,2,4,6-9,12H2,1,3H3,(H,23,24)/b26-20+. The number of hydrazone groups is 1. The fourth-order valence-corrected chi connectivity index (χ4v) is 3.54. The number of aromatic nitrogens is 2. The first-order valence-corrected chi connectivity index (χ1v) is 10.0. The summed E-state index contributed by atoms with van der Waals surface area (Å²) in [5, 5.41) is 8.00. The van der Waals surface area contributed by atoms with Crippen LogP contribution in [0.5, 0.6) is 0 Å². The second-order valence-corrected chi connectivity index (χ2v) is 7.27. The zero-order chi connectivity index (χ0) is 19.9. The van der Waals surface area contributed by atoms with Crippen molar-refractivity contribution in [2.75, 3.05) is 10.7 Å². The van der Waals surface area contributed by atoms with E-state index in [1.54, 1.807) is 29.0 Å². The van der Waals surface area contributed by atoms with Crippen LogP contribution in [0.15, 0.2) is 53.1 Å². The lowest BCUT2D eigenvalue weighted by Gasteiger charge is -2.14. The molecule has 1 saturated carbocycles. The lowest BCUT2D eigenvalue weighted by Crippen LogP contribution is -2.18. The topological polar surface area (TPSA) is 71.3 Å². The molecule has 2 N–H and O–H groups in total. The zero-order valence-corrected chi connectivity index (χ0v) is 16.7. The van der Waals surface area contributed by atoms with Crippen LogP contribution in [0.3, 0.4) is 0 Å². The molecular weight excluding hydrogens is 350 g/mol. The quantitative estimate of drug-likeness (QED) is 0.529. The van der Waals surface area contributed by atoms with Crippen LogP contribution < -0.4 is 16.3 Å². The van der Waals surface area contributed by atoms with Crippen LogP contribution >= 0.6 is 0 Å². The Bertz CT molecular complexity index is 909. The molecule has 6 heteroatoms. The first-order chi connectivity index (χ1) is 13.6. The van der Waals surface area contributed by atoms with Crippen LogP contribution in [0.25, 0.3) is 0 Å². The molecule has 0 aromatic carbocycles. The predicted octanol–water partition coefficient (Wildman–Crippen LogP) is 4.32. The van der Waals surface area contributed by atoms with Gasteiger partial charge >= 0.3 is 0 Å². The Hall–Kier alpha value is -2.89. The average molecular weight is 380 g/mol. The smallest absolute Gasteiger partial charge is 0.250 e. The van der Waals surface area contributed by atoms with E-state index in [1.165, 1.54) is 25.7 Å². The van der Waals surface area contributed by atoms with Gasteiger partial charge in [-0.05, 0) is 50.0 Å². The van der Waals surface area contributed by atoms with Crippen molar-refractivity contribution in [2.45, 2.75) is 58.5 Å². The minimum Gasteiger partial charge on any atom is -0.367 e. The first kappa shape index (κ1) is 19.9. The number of aryl methyl sites for hydroxylation is 2. The molecule has 28 heavy (non-hydrogen) atoms. The Balaban J connectivity index is 1.76. The molecule has 3 rings (SSSR count). The Morgan fingerprint density at radius 2 is 2.18 bits per heavy atom. The summed E-state index contributed by atoms with van der Waals surface area (Å²) in [6.07, 6.45) is 11.2. The first-order valence-electron chi connectivity index (χ1n) is 10.0. The Morgan fingerprint density at radius 1 is 1.39 bits per heavy atom. The number of nitrogens with zero attached hydrogens (tertiary/aromatic N) is 3. The molecule has 1 aliphatic rings. The van der Waals surface area contributed by atoms with E-state index >= 15 is 0 Å². The molecule has 2 aromatic heterocycles. The summed E-state index contributed by atoms with van der Waals surface area (Å²) in [7, 11) is 0. The number of rotatable bonds is 8. The highest BCUT2D eigenvalue weighted by atomic mass is 16.1. The van der Waals surface area contributed by atoms with Gasteiger partial charge in [-0.3, -0.25) is 10.2 Å². The van der Waals surface area contributed by atoms with E-state index in [0.717, 1.165) is 29.1 Å². The summed E-state index contributed by atoms with van der Waals surface area (Å²) < 4.78 is 1.68. The lowest BCUT2D eigenvalue weighted by molar-refractivity contribution is 0.655. The van der Waals surface area contributed by atoms with Gasteiger partial charge in [-0.1, -0.05) is 26.3 Å². The maximum Gasteiger partial charge on any atom is 0.250 e. The van der Waals surface area contributed by atoms with Crippen molar-refractivity contribution in [2.24, 2.45) is 5.10 Å². The molecule has 2 aromatic rings. The van der Waals surface area contributed by atoms with Crippen LogP contribution in [0, 0.1) is 6.92 Å². The van der Waals surface area contributed by atoms with Crippen molar-refractivity contribution in [3.63, 3.8) is 0 Å². The Labute approximate surface area is 166 Å². The number of allylic oxidation sites excluding steroid dienone is 1. The molecule has 0 aliphatic heterocycles. The summed E-state index contributed by atoms with van der Waals surface area (Å²) in [6, 6.07) is 5.88. The summed E-state index contributed by atoms with van der Waals surface area (Å²) in [5.41, 5.74) is 6.52. The van der Waals surface area contributed by atoms with Crippen LogP contribution in [0.1, 0.15) is 50.2 Å². The second kappa shape index (κ2) is 9.35. The highest BCUT2D eigenvalue weighted by Gasteiger charge is 2.15. The molecule has 0 unspecified atom stereocenters. The molecule has 0 spiro atoms. The van der Waals surface area contributed by atoms with Gasteiger partial charge in [-0.25, -0.2) is 4.98 Å². The minimum atomic E-state index is -0.00859. The third-order valence-corrected chi connectivity index (χ3v) is 5.04. The van der Waals surface area contributed by atoms with Gasteiger partial charge in [-0.2, -0.15) is 5.10 Å². The van der Waals surface area contributed by atoms with E-state index < -0.39 is 0 Å². The molecule has 6 nitrogen and oxygen atoms in total. The maximum atomic E-state index is 11.8. The second-order valence-electron chi connectivity index (χ2n) is 7.27.